The van der Waals surface area contributed by atoms with Gasteiger partial charge in [-0.25, -0.2) is 11.6 Å². The Bertz CT molecular complexity index is 244. The minimum absolute atomic E-state index is 0.521. The van der Waals surface area contributed by atoms with Crippen LogP contribution in [0.4, 0.5) is 0 Å². The van der Waals surface area contributed by atoms with Gasteiger partial charge in [-0.2, -0.15) is 0 Å². The molecule has 0 aromatic carbocycles. The number of H-pyrrole nitrogens is 1. The van der Waals surface area contributed by atoms with E-state index in [0.29, 0.717) is 6.54 Å². The summed E-state index contributed by atoms with van der Waals surface area (Å²) >= 11 is 0. The van der Waals surface area contributed by atoms with Crippen molar-refractivity contribution in [2.45, 2.75) is 13.3 Å². The van der Waals surface area contributed by atoms with Gasteiger partial charge in [0.25, 0.3) is 0 Å². The third kappa shape index (κ3) is 1.59. The summed E-state index contributed by atoms with van der Waals surface area (Å²) < 4.78 is 0. The van der Waals surface area contributed by atoms with E-state index in [4.69, 9.17) is 6.57 Å². The van der Waals surface area contributed by atoms with E-state index in [0.717, 1.165) is 17.9 Å². The Kier molecular flexibility index (Phi) is 2.06. The molecule has 0 saturated carbocycles. The van der Waals surface area contributed by atoms with Crippen LogP contribution < -0.4 is 0 Å². The smallest absolute Gasteiger partial charge is 0.221 e. The molecule has 1 N–H and O–H groups in total. The summed E-state index contributed by atoms with van der Waals surface area (Å²) in [5, 5.41) is 0. The van der Waals surface area contributed by atoms with Crippen LogP contribution in [0.3, 0.4) is 0 Å². The molecule has 0 fully saturated rings. The number of imidazole rings is 1. The Balaban J connectivity index is 2.52. The maximum Gasteiger partial charge on any atom is 0.221 e. The van der Waals surface area contributed by atoms with Crippen LogP contribution in [0.2, 0.25) is 0 Å². The van der Waals surface area contributed by atoms with Gasteiger partial charge in [0.15, 0.2) is 0 Å². The molecule has 0 aliphatic carbocycles. The number of nitrogens with one attached hydrogen (secondary N) is 1. The van der Waals surface area contributed by atoms with Gasteiger partial charge in [0.2, 0.25) is 6.54 Å². The second kappa shape index (κ2) is 3.02. The predicted octanol–water partition coefficient (Wildman–Crippen LogP) is 1.18. The van der Waals surface area contributed by atoms with Crippen LogP contribution in [0.25, 0.3) is 4.85 Å². The number of aromatic nitrogens is 2. The normalized spacial score (nSPS) is 9.20. The number of hydrogen-bond acceptors (Lipinski definition) is 1. The van der Waals surface area contributed by atoms with Crippen LogP contribution in [-0.2, 0) is 6.42 Å². The van der Waals surface area contributed by atoms with Crippen LogP contribution in [0.5, 0.6) is 0 Å². The van der Waals surface area contributed by atoms with E-state index >= 15 is 0 Å². The van der Waals surface area contributed by atoms with Gasteiger partial charge < -0.3 is 9.83 Å². The highest BCUT2D eigenvalue weighted by atomic mass is 14.9. The summed E-state index contributed by atoms with van der Waals surface area (Å²) in [5.74, 6) is 0.911. The maximum absolute atomic E-state index is 6.54. The highest BCUT2D eigenvalue weighted by Crippen LogP contribution is 1.95. The number of hydrogen-bond donors (Lipinski definition) is 1. The monoisotopic (exact) mass is 135 g/mol. The van der Waals surface area contributed by atoms with Crippen molar-refractivity contribution >= 4 is 0 Å². The molecule has 0 spiro atoms. The molecule has 0 aliphatic heterocycles. The molecule has 0 amide bonds. The minimum atomic E-state index is 0.521. The summed E-state index contributed by atoms with van der Waals surface area (Å²) in [5.41, 5.74) is 1.06. The summed E-state index contributed by atoms with van der Waals surface area (Å²) in [7, 11) is 0. The van der Waals surface area contributed by atoms with Crippen LogP contribution in [0.15, 0.2) is 6.20 Å². The van der Waals surface area contributed by atoms with E-state index in [1.165, 1.54) is 0 Å². The maximum atomic E-state index is 6.54. The third-order valence-corrected chi connectivity index (χ3v) is 1.22. The van der Waals surface area contributed by atoms with E-state index in [-0.39, 0.29) is 0 Å². The predicted molar refractivity (Wildman–Crippen MR) is 38.5 cm³/mol. The highest BCUT2D eigenvalue weighted by Gasteiger charge is 1.96. The van der Waals surface area contributed by atoms with Gasteiger partial charge in [-0.1, -0.05) is 0 Å². The molecule has 1 aromatic heterocycles. The van der Waals surface area contributed by atoms with Gasteiger partial charge >= 0.3 is 0 Å². The van der Waals surface area contributed by atoms with Crippen molar-refractivity contribution in [1.29, 1.82) is 0 Å². The van der Waals surface area contributed by atoms with Gasteiger partial charge in [0, 0.05) is 11.9 Å². The molecular weight excluding hydrogens is 126 g/mol. The molecule has 1 aromatic rings. The van der Waals surface area contributed by atoms with Crippen molar-refractivity contribution in [1.82, 2.24) is 9.97 Å². The zero-order chi connectivity index (χ0) is 7.40. The molecule has 0 bridgehead atoms. The molecule has 0 aliphatic rings. The first kappa shape index (κ1) is 6.81. The van der Waals surface area contributed by atoms with Crippen LogP contribution in [0, 0.1) is 13.5 Å². The van der Waals surface area contributed by atoms with Crippen LogP contribution >= 0.6 is 0 Å². The van der Waals surface area contributed by atoms with Crippen LogP contribution in [-0.4, -0.2) is 16.5 Å². The molecule has 52 valence electrons. The van der Waals surface area contributed by atoms with Gasteiger partial charge in [-0.3, -0.25) is 0 Å². The first-order valence-electron chi connectivity index (χ1n) is 3.16. The van der Waals surface area contributed by atoms with Crippen molar-refractivity contribution in [3.8, 4) is 0 Å². The molecule has 0 unspecified atom stereocenters. The van der Waals surface area contributed by atoms with E-state index in [1.807, 2.05) is 6.92 Å². The summed E-state index contributed by atoms with van der Waals surface area (Å²) in [6.07, 6.45) is 2.51. The Morgan fingerprint density at radius 3 is 3.10 bits per heavy atom. The van der Waals surface area contributed by atoms with Gasteiger partial charge in [-0.05, 0) is 6.92 Å². The molecule has 0 saturated heterocycles. The minimum Gasteiger partial charge on any atom is -0.346 e. The number of aryl methyl sites for hydroxylation is 1. The summed E-state index contributed by atoms with van der Waals surface area (Å²) in [6, 6.07) is 0. The number of nitrogens with zero attached hydrogens (tertiary/aromatic N) is 2. The van der Waals surface area contributed by atoms with Crippen LogP contribution in [0.1, 0.15) is 11.5 Å². The quantitative estimate of drug-likeness (QED) is 0.607. The topological polar surface area (TPSA) is 33.0 Å². The molecule has 10 heavy (non-hydrogen) atoms. The fourth-order valence-corrected chi connectivity index (χ4v) is 0.756. The third-order valence-electron chi connectivity index (χ3n) is 1.22. The van der Waals surface area contributed by atoms with Gasteiger partial charge in [0.05, 0.1) is 6.42 Å². The molecular formula is C7H9N3. The average molecular weight is 135 g/mol. The molecule has 1 heterocycles. The number of rotatable bonds is 2. The number of aromatic amines is 1. The lowest BCUT2D eigenvalue weighted by molar-refractivity contribution is 0.953. The Hall–Kier alpha value is -1.30. The second-order valence-electron chi connectivity index (χ2n) is 2.14. The Labute approximate surface area is 59.9 Å². The average Bonchev–Trinajstić information content (AvgIpc) is 2.31. The first-order valence-corrected chi connectivity index (χ1v) is 3.16. The Morgan fingerprint density at radius 1 is 1.80 bits per heavy atom. The lowest BCUT2D eigenvalue weighted by Gasteiger charge is -1.84. The fourth-order valence-electron chi connectivity index (χ4n) is 0.756. The zero-order valence-electron chi connectivity index (χ0n) is 5.89. The van der Waals surface area contributed by atoms with E-state index in [9.17, 15) is 0 Å². The standard InChI is InChI=1S/C7H9N3/c1-6-5-9-7(10-6)3-4-8-2/h5H,3-4H2,1H3,(H,9,10). The zero-order valence-corrected chi connectivity index (χ0v) is 5.89. The lowest BCUT2D eigenvalue weighted by Crippen LogP contribution is -1.89. The summed E-state index contributed by atoms with van der Waals surface area (Å²) in [4.78, 5) is 10.3. The molecule has 0 atom stereocenters. The fraction of sp³-hybridized carbons (Fsp3) is 0.429. The SMILES string of the molecule is [C-]#[N+]CCc1ncc(C)[nH]1. The molecule has 3 nitrogen and oxygen atoms in total. The summed E-state index contributed by atoms with van der Waals surface area (Å²) in [6.45, 7) is 9.02. The van der Waals surface area contributed by atoms with Crippen molar-refractivity contribution in [3.63, 3.8) is 0 Å². The lowest BCUT2D eigenvalue weighted by atomic mass is 10.4. The van der Waals surface area contributed by atoms with Crippen molar-refractivity contribution in [2.75, 3.05) is 6.54 Å². The van der Waals surface area contributed by atoms with Gasteiger partial charge in [0.1, 0.15) is 5.82 Å². The van der Waals surface area contributed by atoms with Crippen molar-refractivity contribution in [2.24, 2.45) is 0 Å². The van der Waals surface area contributed by atoms with Crippen molar-refractivity contribution in [3.05, 3.63) is 29.1 Å². The Morgan fingerprint density at radius 2 is 2.60 bits per heavy atom. The molecule has 1 rings (SSSR count). The largest absolute Gasteiger partial charge is 0.346 e. The van der Waals surface area contributed by atoms with E-state index in [2.05, 4.69) is 14.8 Å². The molecule has 3 heteroatoms. The first-order chi connectivity index (χ1) is 4.83. The van der Waals surface area contributed by atoms with Crippen molar-refractivity contribution < 1.29 is 0 Å². The van der Waals surface area contributed by atoms with E-state index < -0.39 is 0 Å². The molecule has 0 radical (unpaired) electrons. The van der Waals surface area contributed by atoms with Gasteiger partial charge in [-0.15, -0.1) is 0 Å². The second-order valence-corrected chi connectivity index (χ2v) is 2.14. The highest BCUT2D eigenvalue weighted by molar-refractivity contribution is 4.99. The van der Waals surface area contributed by atoms with E-state index in [1.54, 1.807) is 6.20 Å².